The second-order valence-electron chi connectivity index (χ2n) is 5.20. The molecule has 1 aliphatic carbocycles. The molecule has 0 aromatic heterocycles. The van der Waals surface area contributed by atoms with E-state index in [1.807, 2.05) is 0 Å². The summed E-state index contributed by atoms with van der Waals surface area (Å²) in [6.45, 7) is 4.16. The lowest BCUT2D eigenvalue weighted by molar-refractivity contribution is 0.126. The van der Waals surface area contributed by atoms with Gasteiger partial charge in [-0.05, 0) is 33.4 Å². The van der Waals surface area contributed by atoms with Gasteiger partial charge in [0, 0.05) is 31.2 Å². The minimum atomic E-state index is 0.381. The van der Waals surface area contributed by atoms with Crippen LogP contribution in [-0.2, 0) is 4.74 Å². The lowest BCUT2D eigenvalue weighted by Gasteiger charge is -2.30. The molecular formula is C11H22N2O. The maximum absolute atomic E-state index is 5.55. The molecule has 1 saturated heterocycles. The largest absolute Gasteiger partial charge is 0.381 e. The van der Waals surface area contributed by atoms with E-state index in [2.05, 4.69) is 24.3 Å². The fraction of sp³-hybridized carbons (Fsp3) is 1.00. The molecule has 3 nitrogen and oxygen atoms in total. The molecule has 0 bridgehead atoms. The number of ether oxygens (including phenoxy) is 1. The average Bonchev–Trinajstić information content (AvgIpc) is 2.85. The van der Waals surface area contributed by atoms with Crippen molar-refractivity contribution in [3.05, 3.63) is 0 Å². The third-order valence-corrected chi connectivity index (χ3v) is 3.18. The maximum Gasteiger partial charge on any atom is 0.0547 e. The Morgan fingerprint density at radius 2 is 2.21 bits per heavy atom. The summed E-state index contributed by atoms with van der Waals surface area (Å²) < 4.78 is 5.55. The molecule has 0 aromatic carbocycles. The summed E-state index contributed by atoms with van der Waals surface area (Å²) in [5, 5.41) is 3.64. The zero-order valence-corrected chi connectivity index (χ0v) is 9.38. The Bertz CT molecular complexity index is 184. The summed E-state index contributed by atoms with van der Waals surface area (Å²) >= 11 is 0. The Morgan fingerprint density at radius 1 is 1.43 bits per heavy atom. The summed E-state index contributed by atoms with van der Waals surface area (Å²) in [5.74, 6) is 0. The first-order valence-electron chi connectivity index (χ1n) is 5.66. The molecule has 2 rings (SSSR count). The van der Waals surface area contributed by atoms with Crippen molar-refractivity contribution in [3.8, 4) is 0 Å². The molecule has 1 saturated carbocycles. The van der Waals surface area contributed by atoms with E-state index in [1.165, 1.54) is 19.3 Å². The monoisotopic (exact) mass is 198 g/mol. The number of rotatable bonds is 5. The van der Waals surface area contributed by atoms with Crippen LogP contribution in [0.2, 0.25) is 0 Å². The van der Waals surface area contributed by atoms with Gasteiger partial charge in [-0.1, -0.05) is 0 Å². The highest BCUT2D eigenvalue weighted by Gasteiger charge is 2.36. The van der Waals surface area contributed by atoms with Crippen molar-refractivity contribution < 1.29 is 4.74 Å². The summed E-state index contributed by atoms with van der Waals surface area (Å²) in [6.07, 6.45) is 3.96. The van der Waals surface area contributed by atoms with E-state index >= 15 is 0 Å². The van der Waals surface area contributed by atoms with Crippen LogP contribution in [0.4, 0.5) is 0 Å². The van der Waals surface area contributed by atoms with Gasteiger partial charge in [0.25, 0.3) is 0 Å². The minimum absolute atomic E-state index is 0.381. The number of hydrogen-bond acceptors (Lipinski definition) is 3. The molecular weight excluding hydrogens is 176 g/mol. The quantitative estimate of drug-likeness (QED) is 0.704. The van der Waals surface area contributed by atoms with E-state index < -0.39 is 0 Å². The zero-order chi connectivity index (χ0) is 10.0. The van der Waals surface area contributed by atoms with Crippen molar-refractivity contribution in [1.82, 2.24) is 10.2 Å². The second kappa shape index (κ2) is 4.17. The first kappa shape index (κ1) is 10.4. The third kappa shape index (κ3) is 2.69. The van der Waals surface area contributed by atoms with Gasteiger partial charge < -0.3 is 15.0 Å². The van der Waals surface area contributed by atoms with Crippen molar-refractivity contribution in [2.45, 2.75) is 25.3 Å². The van der Waals surface area contributed by atoms with Gasteiger partial charge in [-0.3, -0.25) is 0 Å². The SMILES string of the molecule is CN(C)CC1(CNC2CC2)CCOC1. The van der Waals surface area contributed by atoms with Gasteiger partial charge >= 0.3 is 0 Å². The van der Waals surface area contributed by atoms with Crippen molar-refractivity contribution in [3.63, 3.8) is 0 Å². The van der Waals surface area contributed by atoms with Crippen molar-refractivity contribution >= 4 is 0 Å². The molecule has 0 aromatic rings. The molecule has 14 heavy (non-hydrogen) atoms. The maximum atomic E-state index is 5.55. The van der Waals surface area contributed by atoms with Gasteiger partial charge in [-0.25, -0.2) is 0 Å². The van der Waals surface area contributed by atoms with Crippen molar-refractivity contribution in [2.75, 3.05) is 40.4 Å². The Balaban J connectivity index is 1.83. The highest BCUT2D eigenvalue weighted by atomic mass is 16.5. The fourth-order valence-electron chi connectivity index (χ4n) is 2.29. The molecule has 1 atom stereocenters. The Hall–Kier alpha value is -0.120. The number of nitrogens with one attached hydrogen (secondary N) is 1. The normalized spacial score (nSPS) is 32.8. The predicted molar refractivity (Wildman–Crippen MR) is 57.4 cm³/mol. The molecule has 2 aliphatic rings. The van der Waals surface area contributed by atoms with Crippen molar-refractivity contribution in [1.29, 1.82) is 0 Å². The van der Waals surface area contributed by atoms with Crippen LogP contribution in [0.1, 0.15) is 19.3 Å². The van der Waals surface area contributed by atoms with Crippen LogP contribution in [-0.4, -0.2) is 51.3 Å². The molecule has 82 valence electrons. The van der Waals surface area contributed by atoms with Crippen LogP contribution in [0.15, 0.2) is 0 Å². The Morgan fingerprint density at radius 3 is 2.71 bits per heavy atom. The van der Waals surface area contributed by atoms with Crippen molar-refractivity contribution in [2.24, 2.45) is 5.41 Å². The molecule has 1 heterocycles. The predicted octanol–water partition coefficient (Wildman–Crippen LogP) is 0.707. The summed E-state index contributed by atoms with van der Waals surface area (Å²) in [5.41, 5.74) is 0.381. The lowest BCUT2D eigenvalue weighted by atomic mass is 9.86. The van der Waals surface area contributed by atoms with Crippen LogP contribution >= 0.6 is 0 Å². The first-order valence-corrected chi connectivity index (χ1v) is 5.66. The average molecular weight is 198 g/mol. The fourth-order valence-corrected chi connectivity index (χ4v) is 2.29. The van der Waals surface area contributed by atoms with E-state index in [4.69, 9.17) is 4.74 Å². The number of hydrogen-bond donors (Lipinski definition) is 1. The first-order chi connectivity index (χ1) is 6.70. The smallest absolute Gasteiger partial charge is 0.0547 e. The lowest BCUT2D eigenvalue weighted by Crippen LogP contribution is -2.43. The van der Waals surface area contributed by atoms with E-state index in [1.54, 1.807) is 0 Å². The Labute approximate surface area is 86.8 Å². The van der Waals surface area contributed by atoms with Gasteiger partial charge in [0.1, 0.15) is 0 Å². The minimum Gasteiger partial charge on any atom is -0.381 e. The van der Waals surface area contributed by atoms with Crippen LogP contribution < -0.4 is 5.32 Å². The molecule has 3 heteroatoms. The van der Waals surface area contributed by atoms with Gasteiger partial charge in [0.05, 0.1) is 6.61 Å². The molecule has 1 unspecified atom stereocenters. The topological polar surface area (TPSA) is 24.5 Å². The molecule has 0 spiro atoms. The molecule has 1 aliphatic heterocycles. The van der Waals surface area contributed by atoms with E-state index in [0.29, 0.717) is 5.41 Å². The molecule has 0 amide bonds. The van der Waals surface area contributed by atoms with Crippen LogP contribution in [0, 0.1) is 5.41 Å². The zero-order valence-electron chi connectivity index (χ0n) is 9.38. The van der Waals surface area contributed by atoms with E-state index in [9.17, 15) is 0 Å². The second-order valence-corrected chi connectivity index (χ2v) is 5.20. The van der Waals surface area contributed by atoms with E-state index in [0.717, 1.165) is 32.3 Å². The van der Waals surface area contributed by atoms with Crippen LogP contribution in [0.3, 0.4) is 0 Å². The standard InChI is InChI=1S/C11H22N2O/c1-13(2)8-11(5-6-14-9-11)7-12-10-3-4-10/h10,12H,3-9H2,1-2H3. The molecule has 0 radical (unpaired) electrons. The van der Waals surface area contributed by atoms with E-state index in [-0.39, 0.29) is 0 Å². The van der Waals surface area contributed by atoms with Gasteiger partial charge in [0.2, 0.25) is 0 Å². The van der Waals surface area contributed by atoms with Gasteiger partial charge in [-0.2, -0.15) is 0 Å². The molecule has 1 N–H and O–H groups in total. The third-order valence-electron chi connectivity index (χ3n) is 3.18. The molecule has 2 fully saturated rings. The van der Waals surface area contributed by atoms with Crippen LogP contribution in [0.25, 0.3) is 0 Å². The van der Waals surface area contributed by atoms with Crippen LogP contribution in [0.5, 0.6) is 0 Å². The highest BCUT2D eigenvalue weighted by Crippen LogP contribution is 2.30. The van der Waals surface area contributed by atoms with Gasteiger partial charge in [-0.15, -0.1) is 0 Å². The number of nitrogens with zero attached hydrogens (tertiary/aromatic N) is 1. The van der Waals surface area contributed by atoms with Gasteiger partial charge in [0.15, 0.2) is 0 Å². The summed E-state index contributed by atoms with van der Waals surface area (Å²) in [4.78, 5) is 2.28. The highest BCUT2D eigenvalue weighted by molar-refractivity contribution is 4.91. The summed E-state index contributed by atoms with van der Waals surface area (Å²) in [6, 6.07) is 0.814. The summed E-state index contributed by atoms with van der Waals surface area (Å²) in [7, 11) is 4.30. The Kier molecular flexibility index (Phi) is 3.10.